The molecule has 0 unspecified atom stereocenters. The SMILES string of the molecule is CN1CC[C@@H](N(C)C(=O)Nc2ccc(-n3cccn3)cc2)C1. The van der Waals surface area contributed by atoms with E-state index in [0.29, 0.717) is 0 Å². The molecule has 2 aromatic rings. The standard InChI is InChI=1S/C16H21N5O/c1-19-11-8-15(12-19)20(2)16(22)18-13-4-6-14(7-5-13)21-10-3-9-17-21/h3-7,9-10,15H,8,11-12H2,1-2H3,(H,18,22)/t15-/m1/s1. The van der Waals surface area contributed by atoms with E-state index in [0.717, 1.165) is 30.9 Å². The van der Waals surface area contributed by atoms with Crippen LogP contribution in [0.15, 0.2) is 42.7 Å². The van der Waals surface area contributed by atoms with Crippen LogP contribution in [0.4, 0.5) is 10.5 Å². The first-order valence-electron chi connectivity index (χ1n) is 7.46. The molecule has 1 aromatic carbocycles. The Morgan fingerprint density at radius 2 is 2.14 bits per heavy atom. The summed E-state index contributed by atoms with van der Waals surface area (Å²) >= 11 is 0. The van der Waals surface area contributed by atoms with Gasteiger partial charge in [0.2, 0.25) is 0 Å². The van der Waals surface area contributed by atoms with Gasteiger partial charge < -0.3 is 15.1 Å². The number of likely N-dealkylation sites (N-methyl/N-ethyl adjacent to an activating group) is 2. The van der Waals surface area contributed by atoms with E-state index in [4.69, 9.17) is 0 Å². The zero-order chi connectivity index (χ0) is 15.5. The van der Waals surface area contributed by atoms with E-state index in [1.165, 1.54) is 0 Å². The summed E-state index contributed by atoms with van der Waals surface area (Å²) in [5.74, 6) is 0. The first kappa shape index (κ1) is 14.6. The Balaban J connectivity index is 1.62. The van der Waals surface area contributed by atoms with Gasteiger partial charge >= 0.3 is 6.03 Å². The lowest BCUT2D eigenvalue weighted by atomic mass is 10.2. The van der Waals surface area contributed by atoms with Crippen LogP contribution in [0.1, 0.15) is 6.42 Å². The van der Waals surface area contributed by atoms with Crippen molar-refractivity contribution in [1.29, 1.82) is 0 Å². The van der Waals surface area contributed by atoms with Gasteiger partial charge in [-0.2, -0.15) is 5.10 Å². The Hall–Kier alpha value is -2.34. The highest BCUT2D eigenvalue weighted by molar-refractivity contribution is 5.89. The monoisotopic (exact) mass is 299 g/mol. The number of amides is 2. The second-order valence-electron chi connectivity index (χ2n) is 5.74. The molecule has 1 N–H and O–H groups in total. The number of urea groups is 1. The molecule has 6 nitrogen and oxygen atoms in total. The number of benzene rings is 1. The van der Waals surface area contributed by atoms with Gasteiger partial charge in [-0.25, -0.2) is 9.48 Å². The number of aromatic nitrogens is 2. The smallest absolute Gasteiger partial charge is 0.321 e. The van der Waals surface area contributed by atoms with Crippen LogP contribution in [0.3, 0.4) is 0 Å². The summed E-state index contributed by atoms with van der Waals surface area (Å²) in [5.41, 5.74) is 1.76. The highest BCUT2D eigenvalue weighted by atomic mass is 16.2. The fourth-order valence-corrected chi connectivity index (χ4v) is 2.72. The molecule has 116 valence electrons. The number of carbonyl (C=O) groups excluding carboxylic acids is 1. The zero-order valence-electron chi connectivity index (χ0n) is 12.9. The molecule has 1 atom stereocenters. The average Bonchev–Trinajstić information content (AvgIpc) is 3.18. The first-order valence-corrected chi connectivity index (χ1v) is 7.46. The van der Waals surface area contributed by atoms with Crippen molar-refractivity contribution >= 4 is 11.7 Å². The third kappa shape index (κ3) is 3.12. The summed E-state index contributed by atoms with van der Waals surface area (Å²) in [5, 5.41) is 7.13. The topological polar surface area (TPSA) is 53.4 Å². The Morgan fingerprint density at radius 1 is 1.36 bits per heavy atom. The number of hydrogen-bond donors (Lipinski definition) is 1. The van der Waals surface area contributed by atoms with Gasteiger partial charge in [0, 0.05) is 37.7 Å². The van der Waals surface area contributed by atoms with E-state index in [-0.39, 0.29) is 12.1 Å². The fourth-order valence-electron chi connectivity index (χ4n) is 2.72. The maximum Gasteiger partial charge on any atom is 0.321 e. The summed E-state index contributed by atoms with van der Waals surface area (Å²) < 4.78 is 1.78. The number of carbonyl (C=O) groups is 1. The van der Waals surface area contributed by atoms with Crippen LogP contribution in [0.25, 0.3) is 5.69 Å². The van der Waals surface area contributed by atoms with Gasteiger partial charge in [-0.1, -0.05) is 0 Å². The van der Waals surface area contributed by atoms with Gasteiger partial charge in [0.05, 0.1) is 5.69 Å². The number of nitrogens with zero attached hydrogens (tertiary/aromatic N) is 4. The fraction of sp³-hybridized carbons (Fsp3) is 0.375. The first-order chi connectivity index (χ1) is 10.6. The summed E-state index contributed by atoms with van der Waals surface area (Å²) in [6.45, 7) is 1.98. The second-order valence-corrected chi connectivity index (χ2v) is 5.74. The van der Waals surface area contributed by atoms with Crippen LogP contribution in [-0.4, -0.2) is 58.8 Å². The summed E-state index contributed by atoms with van der Waals surface area (Å²) in [7, 11) is 3.94. The van der Waals surface area contributed by atoms with Crippen LogP contribution in [0.2, 0.25) is 0 Å². The Morgan fingerprint density at radius 3 is 2.73 bits per heavy atom. The zero-order valence-corrected chi connectivity index (χ0v) is 12.9. The van der Waals surface area contributed by atoms with Crippen molar-refractivity contribution in [3.63, 3.8) is 0 Å². The van der Waals surface area contributed by atoms with E-state index in [1.807, 2.05) is 43.6 Å². The third-order valence-electron chi connectivity index (χ3n) is 4.12. The van der Waals surface area contributed by atoms with Crippen LogP contribution in [-0.2, 0) is 0 Å². The molecule has 0 spiro atoms. The average molecular weight is 299 g/mol. The van der Waals surface area contributed by atoms with Crippen LogP contribution in [0.5, 0.6) is 0 Å². The largest absolute Gasteiger partial charge is 0.323 e. The molecule has 1 aliphatic heterocycles. The highest BCUT2D eigenvalue weighted by Gasteiger charge is 2.26. The van der Waals surface area contributed by atoms with Crippen molar-refractivity contribution in [2.24, 2.45) is 0 Å². The van der Waals surface area contributed by atoms with E-state index >= 15 is 0 Å². The maximum absolute atomic E-state index is 12.3. The Kier molecular flexibility index (Phi) is 4.11. The van der Waals surface area contributed by atoms with Crippen LogP contribution < -0.4 is 5.32 Å². The van der Waals surface area contributed by atoms with E-state index in [2.05, 4.69) is 22.4 Å². The number of rotatable bonds is 3. The maximum atomic E-state index is 12.3. The Labute approximate surface area is 130 Å². The minimum Gasteiger partial charge on any atom is -0.323 e. The molecule has 0 aliphatic carbocycles. The molecule has 3 rings (SSSR count). The van der Waals surface area contributed by atoms with Crippen LogP contribution in [0, 0.1) is 0 Å². The highest BCUT2D eigenvalue weighted by Crippen LogP contribution is 2.16. The van der Waals surface area contributed by atoms with Gasteiger partial charge in [-0.05, 0) is 50.3 Å². The number of nitrogens with one attached hydrogen (secondary N) is 1. The third-order valence-corrected chi connectivity index (χ3v) is 4.12. The molecule has 22 heavy (non-hydrogen) atoms. The van der Waals surface area contributed by atoms with Gasteiger partial charge in [-0.15, -0.1) is 0 Å². The number of hydrogen-bond acceptors (Lipinski definition) is 3. The lowest BCUT2D eigenvalue weighted by Gasteiger charge is -2.24. The predicted octanol–water partition coefficient (Wildman–Crippen LogP) is 2.04. The molecular weight excluding hydrogens is 278 g/mol. The van der Waals surface area contributed by atoms with Crippen molar-refractivity contribution in [2.45, 2.75) is 12.5 Å². The Bertz CT molecular complexity index is 622. The quantitative estimate of drug-likeness (QED) is 0.943. The molecule has 2 amide bonds. The minimum absolute atomic E-state index is 0.0628. The van der Waals surface area contributed by atoms with Crippen molar-refractivity contribution < 1.29 is 4.79 Å². The normalized spacial score (nSPS) is 18.4. The molecular formula is C16H21N5O. The summed E-state index contributed by atoms with van der Waals surface area (Å²) in [6.07, 6.45) is 4.65. The van der Waals surface area contributed by atoms with Gasteiger partial charge in [0.25, 0.3) is 0 Å². The minimum atomic E-state index is -0.0628. The number of anilines is 1. The van der Waals surface area contributed by atoms with Crippen molar-refractivity contribution in [1.82, 2.24) is 19.6 Å². The molecule has 6 heteroatoms. The van der Waals surface area contributed by atoms with Gasteiger partial charge in [0.15, 0.2) is 0 Å². The van der Waals surface area contributed by atoms with Crippen molar-refractivity contribution in [3.8, 4) is 5.69 Å². The molecule has 1 aliphatic rings. The lowest BCUT2D eigenvalue weighted by Crippen LogP contribution is -2.41. The summed E-state index contributed by atoms with van der Waals surface area (Å²) in [4.78, 5) is 16.3. The predicted molar refractivity (Wildman–Crippen MR) is 86.2 cm³/mol. The van der Waals surface area contributed by atoms with E-state index in [9.17, 15) is 4.79 Å². The van der Waals surface area contributed by atoms with Crippen LogP contribution >= 0.6 is 0 Å². The molecule has 2 heterocycles. The van der Waals surface area contributed by atoms with E-state index < -0.39 is 0 Å². The molecule has 0 radical (unpaired) electrons. The van der Waals surface area contributed by atoms with Crippen molar-refractivity contribution in [3.05, 3.63) is 42.7 Å². The van der Waals surface area contributed by atoms with Gasteiger partial charge in [-0.3, -0.25) is 0 Å². The van der Waals surface area contributed by atoms with E-state index in [1.54, 1.807) is 15.8 Å². The molecule has 0 bridgehead atoms. The van der Waals surface area contributed by atoms with Gasteiger partial charge in [0.1, 0.15) is 0 Å². The molecule has 0 saturated carbocycles. The molecule has 1 saturated heterocycles. The number of likely N-dealkylation sites (tertiary alicyclic amines) is 1. The summed E-state index contributed by atoms with van der Waals surface area (Å²) in [6, 6.07) is 9.76. The molecule has 1 fully saturated rings. The van der Waals surface area contributed by atoms with Crippen molar-refractivity contribution in [2.75, 3.05) is 32.5 Å². The second kappa shape index (κ2) is 6.19. The lowest BCUT2D eigenvalue weighted by molar-refractivity contribution is 0.204. The molecule has 1 aromatic heterocycles.